The van der Waals surface area contributed by atoms with Crippen LogP contribution in [0.15, 0.2) is 0 Å². The molecule has 3 N–H and O–H groups in total. The molecule has 1 fully saturated rings. The summed E-state index contributed by atoms with van der Waals surface area (Å²) < 4.78 is 9.22. The fourth-order valence-corrected chi connectivity index (χ4v) is 1.30. The molecule has 0 heterocycles. The molecular formula is C8H22N2O2Si. The first-order valence-corrected chi connectivity index (χ1v) is 5.85. The van der Waals surface area contributed by atoms with E-state index in [4.69, 9.17) is 5.73 Å². The smallest absolute Gasteiger partial charge is 0.303 e. The second kappa shape index (κ2) is 8.65. The minimum Gasteiger partial charge on any atom is -0.402 e. The van der Waals surface area contributed by atoms with Gasteiger partial charge >= 0.3 is 10.0 Å². The van der Waals surface area contributed by atoms with Crippen LogP contribution in [0.1, 0.15) is 26.2 Å². The van der Waals surface area contributed by atoms with Gasteiger partial charge in [-0.2, -0.15) is 0 Å². The van der Waals surface area contributed by atoms with E-state index in [1.54, 1.807) is 14.2 Å². The van der Waals surface area contributed by atoms with E-state index in [9.17, 15) is 0 Å². The highest BCUT2D eigenvalue weighted by atomic mass is 28.3. The predicted molar refractivity (Wildman–Crippen MR) is 57.0 cm³/mol. The van der Waals surface area contributed by atoms with Gasteiger partial charge in [-0.05, 0) is 19.8 Å². The lowest BCUT2D eigenvalue weighted by Gasteiger charge is -2.28. The predicted octanol–water partition coefficient (Wildman–Crippen LogP) is -0.289. The molecule has 0 aromatic rings. The number of rotatable bonds is 4. The van der Waals surface area contributed by atoms with E-state index in [2.05, 4.69) is 14.2 Å². The van der Waals surface area contributed by atoms with E-state index in [1.807, 2.05) is 6.92 Å². The van der Waals surface area contributed by atoms with E-state index >= 15 is 0 Å². The van der Waals surface area contributed by atoms with Gasteiger partial charge in [-0.25, -0.2) is 0 Å². The first-order valence-electron chi connectivity index (χ1n) is 4.70. The van der Waals surface area contributed by atoms with Crippen molar-refractivity contribution in [3.63, 3.8) is 0 Å². The molecule has 13 heavy (non-hydrogen) atoms. The zero-order valence-corrected chi connectivity index (χ0v) is 10.3. The molecular weight excluding hydrogens is 184 g/mol. The average molecular weight is 206 g/mol. The van der Waals surface area contributed by atoms with E-state index in [0.29, 0.717) is 0 Å². The van der Waals surface area contributed by atoms with Crippen LogP contribution in [0.5, 0.6) is 0 Å². The highest BCUT2D eigenvalue weighted by Crippen LogP contribution is 2.17. The summed E-state index contributed by atoms with van der Waals surface area (Å²) in [5.41, 5.74) is 5.49. The van der Waals surface area contributed by atoms with Gasteiger partial charge in [0.2, 0.25) is 0 Å². The van der Waals surface area contributed by atoms with Gasteiger partial charge in [-0.1, -0.05) is 6.42 Å². The van der Waals surface area contributed by atoms with Crippen LogP contribution in [0, 0.1) is 0 Å². The maximum atomic E-state index is 5.49. The van der Waals surface area contributed by atoms with E-state index < -0.39 is 10.0 Å². The lowest BCUT2D eigenvalue weighted by Crippen LogP contribution is -2.45. The molecule has 1 aliphatic carbocycles. The largest absolute Gasteiger partial charge is 0.402 e. The van der Waals surface area contributed by atoms with Crippen molar-refractivity contribution in [2.45, 2.75) is 38.4 Å². The standard InChI is InChI=1S/C6H14N2.C2H8O2Si/c1-5(7)8-6-3-2-4-6;1-3-5-4-2/h5-6,8H,2-4,7H2,1H3;5H2,1-2H3. The number of hydrogen-bond acceptors (Lipinski definition) is 4. The fourth-order valence-electron chi connectivity index (χ4n) is 1.06. The highest BCUT2D eigenvalue weighted by Gasteiger charge is 2.16. The normalized spacial score (nSPS) is 18.5. The van der Waals surface area contributed by atoms with Crippen molar-refractivity contribution in [2.75, 3.05) is 14.2 Å². The molecule has 4 nitrogen and oxygen atoms in total. The van der Waals surface area contributed by atoms with Gasteiger partial charge in [0.25, 0.3) is 0 Å². The van der Waals surface area contributed by atoms with Crippen LogP contribution in [0.3, 0.4) is 0 Å². The van der Waals surface area contributed by atoms with Crippen LogP contribution in [0.2, 0.25) is 0 Å². The molecule has 0 bridgehead atoms. The third-order valence-corrected chi connectivity index (χ3v) is 2.31. The van der Waals surface area contributed by atoms with E-state index in [-0.39, 0.29) is 6.17 Å². The van der Waals surface area contributed by atoms with Crippen LogP contribution in [-0.4, -0.2) is 36.4 Å². The summed E-state index contributed by atoms with van der Waals surface area (Å²) in [5.74, 6) is 0. The van der Waals surface area contributed by atoms with Crippen molar-refractivity contribution in [2.24, 2.45) is 5.73 Å². The molecule has 0 amide bonds. The lowest BCUT2D eigenvalue weighted by atomic mass is 9.93. The van der Waals surface area contributed by atoms with Gasteiger partial charge in [0.1, 0.15) is 0 Å². The van der Waals surface area contributed by atoms with Crippen LogP contribution >= 0.6 is 0 Å². The van der Waals surface area contributed by atoms with Crippen molar-refractivity contribution in [1.29, 1.82) is 0 Å². The zero-order chi connectivity index (χ0) is 10.1. The summed E-state index contributed by atoms with van der Waals surface area (Å²) in [6.45, 7) is 1.98. The van der Waals surface area contributed by atoms with Gasteiger partial charge in [0.15, 0.2) is 0 Å². The molecule has 0 saturated heterocycles. The third kappa shape index (κ3) is 8.39. The maximum Gasteiger partial charge on any atom is 0.303 e. The Morgan fingerprint density at radius 1 is 1.38 bits per heavy atom. The summed E-state index contributed by atoms with van der Waals surface area (Å²) in [6, 6.07) is 0.731. The first kappa shape index (κ1) is 13.1. The summed E-state index contributed by atoms with van der Waals surface area (Å²) in [6.07, 6.45) is 4.20. The van der Waals surface area contributed by atoms with Crippen molar-refractivity contribution < 1.29 is 8.85 Å². The Balaban J connectivity index is 0.000000252. The van der Waals surface area contributed by atoms with Crippen molar-refractivity contribution in [3.05, 3.63) is 0 Å². The SMILES string of the molecule is CC(N)NC1CCC1.CO[SiH2]OC. The van der Waals surface area contributed by atoms with Crippen LogP contribution in [-0.2, 0) is 8.85 Å². The maximum absolute atomic E-state index is 5.49. The molecule has 0 aromatic carbocycles. The van der Waals surface area contributed by atoms with E-state index in [0.717, 1.165) is 6.04 Å². The molecule has 5 heteroatoms. The van der Waals surface area contributed by atoms with Crippen LogP contribution in [0.25, 0.3) is 0 Å². The Morgan fingerprint density at radius 3 is 2.00 bits per heavy atom. The van der Waals surface area contributed by atoms with Crippen molar-refractivity contribution in [1.82, 2.24) is 5.32 Å². The number of nitrogens with two attached hydrogens (primary N) is 1. The molecule has 0 aromatic heterocycles. The minimum absolute atomic E-state index is 0.181. The molecule has 1 rings (SSSR count). The average Bonchev–Trinajstić information content (AvgIpc) is 2.00. The minimum atomic E-state index is -0.568. The molecule has 1 atom stereocenters. The Hall–Kier alpha value is 0.0569. The Labute approximate surface area is 83.2 Å². The summed E-state index contributed by atoms with van der Waals surface area (Å²) >= 11 is 0. The first-order chi connectivity index (χ1) is 6.20. The molecule has 0 spiro atoms. The Morgan fingerprint density at radius 2 is 1.92 bits per heavy atom. The van der Waals surface area contributed by atoms with Crippen molar-refractivity contribution in [3.8, 4) is 0 Å². The quantitative estimate of drug-likeness (QED) is 0.490. The molecule has 1 aliphatic rings. The Kier molecular flexibility index (Phi) is 8.68. The van der Waals surface area contributed by atoms with Gasteiger partial charge in [-0.15, -0.1) is 0 Å². The molecule has 0 aliphatic heterocycles. The fraction of sp³-hybridized carbons (Fsp3) is 1.00. The Bertz CT molecular complexity index is 108. The number of hydrogen-bond donors (Lipinski definition) is 2. The van der Waals surface area contributed by atoms with Crippen LogP contribution in [0.4, 0.5) is 0 Å². The second-order valence-corrected chi connectivity index (χ2v) is 4.67. The topological polar surface area (TPSA) is 56.5 Å². The molecule has 80 valence electrons. The van der Waals surface area contributed by atoms with Gasteiger partial charge < -0.3 is 14.6 Å². The summed E-state index contributed by atoms with van der Waals surface area (Å²) in [7, 11) is 2.73. The van der Waals surface area contributed by atoms with Gasteiger partial charge in [0.05, 0.1) is 6.17 Å². The van der Waals surface area contributed by atoms with E-state index in [1.165, 1.54) is 19.3 Å². The van der Waals surface area contributed by atoms with Gasteiger partial charge in [-0.3, -0.25) is 5.32 Å². The monoisotopic (exact) mass is 206 g/mol. The lowest BCUT2D eigenvalue weighted by molar-refractivity contribution is 0.309. The second-order valence-electron chi connectivity index (χ2n) is 3.28. The summed E-state index contributed by atoms with van der Waals surface area (Å²) in [4.78, 5) is 0. The number of nitrogens with one attached hydrogen (secondary N) is 1. The zero-order valence-electron chi connectivity index (χ0n) is 8.88. The highest BCUT2D eigenvalue weighted by molar-refractivity contribution is 6.17. The summed E-state index contributed by atoms with van der Waals surface area (Å²) in [5, 5.41) is 3.26. The molecule has 0 radical (unpaired) electrons. The third-order valence-electron chi connectivity index (χ3n) is 1.84. The molecule has 1 saturated carbocycles. The van der Waals surface area contributed by atoms with Crippen LogP contribution < -0.4 is 11.1 Å². The van der Waals surface area contributed by atoms with Crippen molar-refractivity contribution >= 4 is 10.0 Å². The van der Waals surface area contributed by atoms with Gasteiger partial charge in [0, 0.05) is 20.3 Å². The molecule has 1 unspecified atom stereocenters.